The largest absolute Gasteiger partial charge is 0.483 e. The van der Waals surface area contributed by atoms with Crippen molar-refractivity contribution in [2.75, 3.05) is 32.8 Å². The quantitative estimate of drug-likeness (QED) is 0.718. The van der Waals surface area contributed by atoms with Crippen molar-refractivity contribution in [3.05, 3.63) is 59.1 Å². The minimum absolute atomic E-state index is 0.0753. The summed E-state index contributed by atoms with van der Waals surface area (Å²) in [4.78, 5) is 14.2. The molecule has 1 aliphatic rings. The minimum Gasteiger partial charge on any atom is -0.483 e. The third kappa shape index (κ3) is 4.25. The first kappa shape index (κ1) is 18.9. The number of para-hydroxylation sites is 1. The van der Waals surface area contributed by atoms with Crippen LogP contribution in [0.1, 0.15) is 0 Å². The van der Waals surface area contributed by atoms with Crippen LogP contribution in [0.25, 0.3) is 0 Å². The molecule has 1 heterocycles. The normalized spacial score (nSPS) is 15.7. The highest BCUT2D eigenvalue weighted by Crippen LogP contribution is 2.24. The minimum atomic E-state index is -3.51. The van der Waals surface area contributed by atoms with E-state index < -0.39 is 10.0 Å². The molecule has 0 bridgehead atoms. The van der Waals surface area contributed by atoms with Crippen molar-refractivity contribution in [3.8, 4) is 5.75 Å². The first-order valence-electron chi connectivity index (χ1n) is 8.19. The van der Waals surface area contributed by atoms with Crippen molar-refractivity contribution in [1.82, 2.24) is 9.21 Å². The van der Waals surface area contributed by atoms with E-state index in [1.54, 1.807) is 41.3 Å². The lowest BCUT2D eigenvalue weighted by atomic mass is 10.3. The fraction of sp³-hybridized carbons (Fsp3) is 0.278. The molecular weight excluding hydrogens is 420 g/mol. The van der Waals surface area contributed by atoms with E-state index in [9.17, 15) is 13.2 Å². The van der Waals surface area contributed by atoms with Gasteiger partial charge in [0.05, 0.1) is 9.37 Å². The molecular formula is C18H19BrN2O4S. The number of carbonyl (C=O) groups excluding carboxylic acids is 1. The van der Waals surface area contributed by atoms with Gasteiger partial charge >= 0.3 is 0 Å². The zero-order chi connectivity index (χ0) is 18.6. The Morgan fingerprint density at radius 1 is 0.962 bits per heavy atom. The predicted octanol–water partition coefficient (Wildman–Crippen LogP) is 2.36. The van der Waals surface area contributed by atoms with Gasteiger partial charge < -0.3 is 9.64 Å². The fourth-order valence-corrected chi connectivity index (χ4v) is 4.55. The number of halogens is 1. The molecule has 1 saturated heterocycles. The average molecular weight is 439 g/mol. The van der Waals surface area contributed by atoms with Crippen LogP contribution in [0.4, 0.5) is 0 Å². The molecule has 0 unspecified atom stereocenters. The number of piperazine rings is 1. The molecule has 0 aromatic heterocycles. The molecule has 2 aromatic carbocycles. The Labute approximate surface area is 161 Å². The highest BCUT2D eigenvalue weighted by Gasteiger charge is 2.30. The molecule has 0 N–H and O–H groups in total. The van der Waals surface area contributed by atoms with Crippen LogP contribution in [0, 0.1) is 0 Å². The number of rotatable bonds is 5. The summed E-state index contributed by atoms with van der Waals surface area (Å²) in [5.41, 5.74) is 0. The Morgan fingerprint density at radius 2 is 1.58 bits per heavy atom. The maximum Gasteiger partial charge on any atom is 0.260 e. The Kier molecular flexibility index (Phi) is 5.95. The van der Waals surface area contributed by atoms with Gasteiger partial charge in [0, 0.05) is 26.2 Å². The summed E-state index contributed by atoms with van der Waals surface area (Å²) in [5, 5.41) is 0. The second-order valence-electron chi connectivity index (χ2n) is 5.82. The number of sulfonamides is 1. The lowest BCUT2D eigenvalue weighted by Crippen LogP contribution is -2.51. The molecule has 0 saturated carbocycles. The molecule has 1 aliphatic heterocycles. The Bertz CT molecular complexity index is 866. The molecule has 3 rings (SSSR count). The number of hydrogen-bond acceptors (Lipinski definition) is 4. The van der Waals surface area contributed by atoms with E-state index in [0.29, 0.717) is 18.8 Å². The van der Waals surface area contributed by atoms with Crippen LogP contribution in [0.3, 0.4) is 0 Å². The van der Waals surface area contributed by atoms with Crippen LogP contribution < -0.4 is 4.74 Å². The van der Waals surface area contributed by atoms with Crippen LogP contribution in [0.15, 0.2) is 64.0 Å². The summed E-state index contributed by atoms with van der Waals surface area (Å²) in [5.74, 6) is 0.448. The number of hydrogen-bond donors (Lipinski definition) is 0. The average Bonchev–Trinajstić information content (AvgIpc) is 2.68. The Morgan fingerprint density at radius 3 is 2.23 bits per heavy atom. The van der Waals surface area contributed by atoms with Gasteiger partial charge in [-0.25, -0.2) is 8.42 Å². The van der Waals surface area contributed by atoms with E-state index in [4.69, 9.17) is 4.74 Å². The summed E-state index contributed by atoms with van der Waals surface area (Å²) >= 11 is 3.37. The third-order valence-corrected chi connectivity index (χ3v) is 6.73. The van der Waals surface area contributed by atoms with E-state index in [1.165, 1.54) is 4.31 Å². The van der Waals surface area contributed by atoms with E-state index in [0.717, 1.165) is 4.47 Å². The van der Waals surface area contributed by atoms with Crippen LogP contribution in [-0.4, -0.2) is 56.3 Å². The zero-order valence-electron chi connectivity index (χ0n) is 14.0. The van der Waals surface area contributed by atoms with E-state index >= 15 is 0 Å². The maximum absolute atomic E-state index is 12.6. The van der Waals surface area contributed by atoms with Gasteiger partial charge in [0.25, 0.3) is 5.91 Å². The second kappa shape index (κ2) is 8.20. The maximum atomic E-state index is 12.6. The van der Waals surface area contributed by atoms with Crippen LogP contribution in [0.2, 0.25) is 0 Å². The van der Waals surface area contributed by atoms with Gasteiger partial charge in [0.2, 0.25) is 10.0 Å². The van der Waals surface area contributed by atoms with Gasteiger partial charge in [-0.1, -0.05) is 30.3 Å². The SMILES string of the molecule is O=C(COc1ccccc1Br)N1CCN(S(=O)(=O)c2ccccc2)CC1. The first-order valence-corrected chi connectivity index (χ1v) is 10.4. The van der Waals surface area contributed by atoms with Crippen LogP contribution >= 0.6 is 15.9 Å². The predicted molar refractivity (Wildman–Crippen MR) is 101 cm³/mol. The number of benzene rings is 2. The highest BCUT2D eigenvalue weighted by molar-refractivity contribution is 9.10. The molecule has 0 radical (unpaired) electrons. The van der Waals surface area contributed by atoms with Gasteiger partial charge in [-0.2, -0.15) is 4.31 Å². The zero-order valence-corrected chi connectivity index (χ0v) is 16.4. The number of amides is 1. The Hall–Kier alpha value is -1.90. The van der Waals surface area contributed by atoms with Crippen molar-refractivity contribution in [2.45, 2.75) is 4.90 Å². The summed E-state index contributed by atoms with van der Waals surface area (Å²) in [6, 6.07) is 15.7. The molecule has 8 heteroatoms. The van der Waals surface area contributed by atoms with Crippen molar-refractivity contribution >= 4 is 31.9 Å². The standard InChI is InChI=1S/C18H19BrN2O4S/c19-16-8-4-5-9-17(16)25-14-18(22)20-10-12-21(13-11-20)26(23,24)15-6-2-1-3-7-15/h1-9H,10-14H2. The van der Waals surface area contributed by atoms with Crippen molar-refractivity contribution in [3.63, 3.8) is 0 Å². The van der Waals surface area contributed by atoms with Gasteiger partial charge in [-0.15, -0.1) is 0 Å². The van der Waals surface area contributed by atoms with Crippen molar-refractivity contribution in [2.24, 2.45) is 0 Å². The second-order valence-corrected chi connectivity index (χ2v) is 8.61. The van der Waals surface area contributed by atoms with E-state index in [-0.39, 0.29) is 30.5 Å². The Balaban J connectivity index is 1.55. The molecule has 0 atom stereocenters. The molecule has 138 valence electrons. The molecule has 1 fully saturated rings. The lowest BCUT2D eigenvalue weighted by molar-refractivity contribution is -0.134. The molecule has 1 amide bonds. The van der Waals surface area contributed by atoms with Crippen molar-refractivity contribution in [1.29, 1.82) is 0 Å². The van der Waals surface area contributed by atoms with Gasteiger partial charge in [-0.3, -0.25) is 4.79 Å². The summed E-state index contributed by atoms with van der Waals surface area (Å²) in [6.45, 7) is 1.18. The van der Waals surface area contributed by atoms with Gasteiger partial charge in [0.1, 0.15) is 5.75 Å². The molecule has 2 aromatic rings. The summed E-state index contributed by atoms with van der Waals surface area (Å²) in [6.07, 6.45) is 0. The van der Waals surface area contributed by atoms with Crippen LogP contribution in [-0.2, 0) is 14.8 Å². The highest BCUT2D eigenvalue weighted by atomic mass is 79.9. The smallest absolute Gasteiger partial charge is 0.260 e. The van der Waals surface area contributed by atoms with E-state index in [2.05, 4.69) is 15.9 Å². The molecule has 0 spiro atoms. The summed E-state index contributed by atoms with van der Waals surface area (Å²) < 4.78 is 33.0. The first-order chi connectivity index (χ1) is 12.5. The van der Waals surface area contributed by atoms with Crippen LogP contribution in [0.5, 0.6) is 5.75 Å². The molecule has 26 heavy (non-hydrogen) atoms. The van der Waals surface area contributed by atoms with Gasteiger partial charge in [-0.05, 0) is 40.2 Å². The van der Waals surface area contributed by atoms with Crippen molar-refractivity contribution < 1.29 is 17.9 Å². The molecule has 0 aliphatic carbocycles. The fourth-order valence-electron chi connectivity index (χ4n) is 2.71. The third-order valence-electron chi connectivity index (χ3n) is 4.16. The molecule has 6 nitrogen and oxygen atoms in total. The monoisotopic (exact) mass is 438 g/mol. The van der Waals surface area contributed by atoms with Gasteiger partial charge in [0.15, 0.2) is 6.61 Å². The topological polar surface area (TPSA) is 66.9 Å². The lowest BCUT2D eigenvalue weighted by Gasteiger charge is -2.34. The number of ether oxygens (including phenoxy) is 1. The van der Waals surface area contributed by atoms with E-state index in [1.807, 2.05) is 18.2 Å². The summed E-state index contributed by atoms with van der Waals surface area (Å²) in [7, 11) is -3.51. The number of carbonyl (C=O) groups is 1. The number of nitrogens with zero attached hydrogens (tertiary/aromatic N) is 2.